The second-order valence-electron chi connectivity index (χ2n) is 8.33. The van der Waals surface area contributed by atoms with Gasteiger partial charge in [0.15, 0.2) is 0 Å². The van der Waals surface area contributed by atoms with Crippen LogP contribution in [0.2, 0.25) is 0 Å². The summed E-state index contributed by atoms with van der Waals surface area (Å²) in [4.78, 5) is 18.0. The maximum absolute atomic E-state index is 13.2. The molecule has 0 saturated carbocycles. The zero-order valence-electron chi connectivity index (χ0n) is 17.6. The third-order valence-corrected chi connectivity index (χ3v) is 5.81. The van der Waals surface area contributed by atoms with Crippen molar-refractivity contribution >= 4 is 0 Å². The molecule has 2 heterocycles. The average molecular weight is 387 g/mol. The summed E-state index contributed by atoms with van der Waals surface area (Å²) < 4.78 is 3.71. The van der Waals surface area contributed by atoms with Gasteiger partial charge in [-0.05, 0) is 31.4 Å². The van der Waals surface area contributed by atoms with E-state index >= 15 is 0 Å². The van der Waals surface area contributed by atoms with E-state index < -0.39 is 0 Å². The van der Waals surface area contributed by atoms with Crippen molar-refractivity contribution in [1.29, 1.82) is 0 Å². The van der Waals surface area contributed by atoms with E-state index in [1.807, 2.05) is 49.0 Å². The van der Waals surface area contributed by atoms with Gasteiger partial charge in [-0.25, -0.2) is 4.68 Å². The second kappa shape index (κ2) is 9.07. The first-order chi connectivity index (χ1) is 13.4. The van der Waals surface area contributed by atoms with Crippen LogP contribution in [-0.2, 0) is 13.6 Å². The van der Waals surface area contributed by atoms with E-state index in [-0.39, 0.29) is 12.2 Å². The third kappa shape index (κ3) is 4.40. The number of hydrogen-bond acceptors (Lipinski definition) is 4. The lowest BCUT2D eigenvalue weighted by Gasteiger charge is -2.42. The number of aromatic nitrogens is 2. The average Bonchev–Trinajstić information content (AvgIpc) is 2.88. The van der Waals surface area contributed by atoms with Crippen molar-refractivity contribution in [3.8, 4) is 5.69 Å². The number of nitrogens with zero attached hydrogens (tertiary/aromatic N) is 4. The van der Waals surface area contributed by atoms with Crippen LogP contribution >= 0.6 is 0 Å². The normalized spacial score (nSPS) is 18.9. The number of aliphatic hydroxyl groups excluding tert-OH is 1. The molecule has 1 fully saturated rings. The fraction of sp³-hybridized carbons (Fsp3) is 0.591. The van der Waals surface area contributed by atoms with Gasteiger partial charge in [0.2, 0.25) is 0 Å². The minimum absolute atomic E-state index is 0.0644. The maximum atomic E-state index is 13.2. The van der Waals surface area contributed by atoms with E-state index in [9.17, 15) is 9.90 Å². The molecule has 1 atom stereocenters. The van der Waals surface area contributed by atoms with Gasteiger partial charge >= 0.3 is 0 Å². The summed E-state index contributed by atoms with van der Waals surface area (Å²) in [5, 5.41) is 9.50. The zero-order chi connectivity index (χ0) is 20.3. The Morgan fingerprint density at radius 3 is 2.54 bits per heavy atom. The molecule has 1 aliphatic heterocycles. The Labute approximate surface area is 168 Å². The van der Waals surface area contributed by atoms with E-state index in [1.165, 1.54) is 0 Å². The Bertz CT molecular complexity index is 825. The number of aliphatic hydroxyl groups is 1. The number of para-hydroxylation sites is 1. The largest absolute Gasteiger partial charge is 0.396 e. The Morgan fingerprint density at radius 2 is 1.89 bits per heavy atom. The molecular formula is C22H34N4O2. The first-order valence-corrected chi connectivity index (χ1v) is 10.3. The molecule has 0 bridgehead atoms. The Kier molecular flexibility index (Phi) is 6.75. The fourth-order valence-electron chi connectivity index (χ4n) is 4.26. The summed E-state index contributed by atoms with van der Waals surface area (Å²) in [5.74, 6) is 0.613. The highest BCUT2D eigenvalue weighted by Crippen LogP contribution is 2.18. The molecule has 0 spiro atoms. The van der Waals surface area contributed by atoms with Crippen LogP contribution in [0.1, 0.15) is 31.5 Å². The zero-order valence-corrected chi connectivity index (χ0v) is 17.6. The summed E-state index contributed by atoms with van der Waals surface area (Å²) in [6.07, 6.45) is 0.783. The maximum Gasteiger partial charge on any atom is 0.276 e. The van der Waals surface area contributed by atoms with Gasteiger partial charge in [0.25, 0.3) is 5.56 Å². The van der Waals surface area contributed by atoms with Gasteiger partial charge in [0.1, 0.15) is 0 Å². The van der Waals surface area contributed by atoms with Crippen molar-refractivity contribution in [2.45, 2.75) is 39.8 Å². The number of piperazine rings is 1. The molecule has 0 unspecified atom stereocenters. The molecule has 3 rings (SSSR count). The van der Waals surface area contributed by atoms with Crippen molar-refractivity contribution in [2.75, 3.05) is 32.8 Å². The summed E-state index contributed by atoms with van der Waals surface area (Å²) in [7, 11) is 1.95. The van der Waals surface area contributed by atoms with Crippen molar-refractivity contribution in [2.24, 2.45) is 13.0 Å². The smallest absolute Gasteiger partial charge is 0.276 e. The number of hydrogen-bond donors (Lipinski definition) is 1. The van der Waals surface area contributed by atoms with E-state index in [2.05, 4.69) is 23.6 Å². The molecule has 0 aliphatic carbocycles. The van der Waals surface area contributed by atoms with Gasteiger partial charge in [-0.1, -0.05) is 32.0 Å². The van der Waals surface area contributed by atoms with Crippen LogP contribution in [0, 0.1) is 12.8 Å². The molecule has 154 valence electrons. The Hall–Kier alpha value is -1.89. The first-order valence-electron chi connectivity index (χ1n) is 10.3. The van der Waals surface area contributed by atoms with Crippen LogP contribution in [-0.4, -0.2) is 63.1 Å². The Morgan fingerprint density at radius 1 is 1.18 bits per heavy atom. The fourth-order valence-corrected chi connectivity index (χ4v) is 4.26. The van der Waals surface area contributed by atoms with Crippen molar-refractivity contribution in [1.82, 2.24) is 19.2 Å². The lowest BCUT2D eigenvalue weighted by Crippen LogP contribution is -2.54. The van der Waals surface area contributed by atoms with Crippen molar-refractivity contribution in [3.63, 3.8) is 0 Å². The summed E-state index contributed by atoms with van der Waals surface area (Å²) in [6.45, 7) is 11.3. The molecule has 6 nitrogen and oxygen atoms in total. The SMILES string of the molecule is Cc1c(CN2CCN(CC(C)C)[C@@H](CCO)C2)c(=O)n(-c2ccccc2)n1C. The lowest BCUT2D eigenvalue weighted by molar-refractivity contribution is 0.0474. The molecule has 1 aromatic carbocycles. The second-order valence-corrected chi connectivity index (χ2v) is 8.33. The van der Waals surface area contributed by atoms with E-state index in [4.69, 9.17) is 0 Å². The molecule has 28 heavy (non-hydrogen) atoms. The van der Waals surface area contributed by atoms with E-state index in [0.717, 1.165) is 49.5 Å². The summed E-state index contributed by atoms with van der Waals surface area (Å²) >= 11 is 0. The molecule has 0 radical (unpaired) electrons. The monoisotopic (exact) mass is 386 g/mol. The molecule has 1 aliphatic rings. The highest BCUT2D eigenvalue weighted by atomic mass is 16.3. The third-order valence-electron chi connectivity index (χ3n) is 5.81. The van der Waals surface area contributed by atoms with Gasteiger partial charge in [-0.15, -0.1) is 0 Å². The topological polar surface area (TPSA) is 53.6 Å². The van der Waals surface area contributed by atoms with Crippen LogP contribution in [0.15, 0.2) is 35.1 Å². The van der Waals surface area contributed by atoms with Crippen molar-refractivity contribution < 1.29 is 5.11 Å². The molecule has 1 aromatic heterocycles. The highest BCUT2D eigenvalue weighted by Gasteiger charge is 2.28. The molecular weight excluding hydrogens is 352 g/mol. The van der Waals surface area contributed by atoms with Gasteiger partial charge in [-0.2, -0.15) is 0 Å². The molecule has 6 heteroatoms. The van der Waals surface area contributed by atoms with E-state index in [0.29, 0.717) is 18.5 Å². The predicted octanol–water partition coefficient (Wildman–Crippen LogP) is 2.01. The van der Waals surface area contributed by atoms with Crippen LogP contribution in [0.25, 0.3) is 5.69 Å². The summed E-state index contributed by atoms with van der Waals surface area (Å²) in [6, 6.07) is 10.2. The standard InChI is InChI=1S/C22H34N4O2/c1-17(2)14-25-12-11-24(15-20(25)10-13-27)16-21-18(3)23(4)26(22(21)28)19-8-6-5-7-9-19/h5-9,17,20,27H,10-16H2,1-4H3/t20-/m0/s1. The van der Waals surface area contributed by atoms with Crippen molar-refractivity contribution in [3.05, 3.63) is 51.9 Å². The van der Waals surface area contributed by atoms with Gasteiger partial charge in [0, 0.05) is 58.1 Å². The highest BCUT2D eigenvalue weighted by molar-refractivity contribution is 5.33. The minimum atomic E-state index is 0.0644. The quantitative estimate of drug-likeness (QED) is 0.791. The Balaban J connectivity index is 1.80. The van der Waals surface area contributed by atoms with Crippen LogP contribution in [0.5, 0.6) is 0 Å². The minimum Gasteiger partial charge on any atom is -0.396 e. The predicted molar refractivity (Wildman–Crippen MR) is 113 cm³/mol. The lowest BCUT2D eigenvalue weighted by atomic mass is 10.1. The summed E-state index contributed by atoms with van der Waals surface area (Å²) in [5.41, 5.74) is 2.84. The van der Waals surface area contributed by atoms with Crippen LogP contribution < -0.4 is 5.56 Å². The molecule has 0 amide bonds. The number of benzene rings is 1. The van der Waals surface area contributed by atoms with E-state index in [1.54, 1.807) is 4.68 Å². The molecule has 1 saturated heterocycles. The van der Waals surface area contributed by atoms with Crippen LogP contribution in [0.4, 0.5) is 0 Å². The van der Waals surface area contributed by atoms with Gasteiger partial charge < -0.3 is 5.11 Å². The number of rotatable bonds is 7. The first kappa shape index (κ1) is 20.8. The molecule has 1 N–H and O–H groups in total. The van der Waals surface area contributed by atoms with Gasteiger partial charge in [-0.3, -0.25) is 19.3 Å². The molecule has 2 aromatic rings. The van der Waals surface area contributed by atoms with Crippen LogP contribution in [0.3, 0.4) is 0 Å². The van der Waals surface area contributed by atoms with Gasteiger partial charge in [0.05, 0.1) is 11.3 Å².